The minimum Gasteiger partial charge on any atom is -0.379 e. The Bertz CT molecular complexity index is 700. The Hall–Kier alpha value is -1.60. The van der Waals surface area contributed by atoms with Crippen LogP contribution in [0.2, 0.25) is 0 Å². The average Bonchev–Trinajstić information content (AvgIpc) is 2.60. The summed E-state index contributed by atoms with van der Waals surface area (Å²) in [5, 5.41) is 4.54. The minimum absolute atomic E-state index is 0.0364. The molecule has 1 aromatic carbocycles. The molecule has 5 nitrogen and oxygen atoms in total. The van der Waals surface area contributed by atoms with Crippen LogP contribution in [-0.2, 0) is 4.74 Å². The number of ether oxygens (including phenoxy) is 1. The molecule has 0 aliphatic carbocycles. The van der Waals surface area contributed by atoms with Crippen molar-refractivity contribution in [2.45, 2.75) is 6.04 Å². The van der Waals surface area contributed by atoms with E-state index in [1.807, 2.05) is 32.3 Å². The van der Waals surface area contributed by atoms with E-state index in [-0.39, 0.29) is 6.04 Å². The summed E-state index contributed by atoms with van der Waals surface area (Å²) in [4.78, 5) is 10.0. The van der Waals surface area contributed by atoms with Crippen molar-refractivity contribution < 1.29 is 4.74 Å². The third kappa shape index (κ3) is 4.08. The molecule has 1 aliphatic rings. The van der Waals surface area contributed by atoms with Crippen LogP contribution in [0.3, 0.4) is 0 Å². The number of fused-ring (bicyclic) bond motifs is 1. The lowest BCUT2D eigenvalue weighted by molar-refractivity contribution is 0.0365. The Kier molecular flexibility index (Phi) is 5.73. The van der Waals surface area contributed by atoms with Crippen molar-refractivity contribution in [3.8, 4) is 0 Å². The van der Waals surface area contributed by atoms with Crippen molar-refractivity contribution in [3.05, 3.63) is 42.1 Å². The molecule has 1 aliphatic heterocycles. The predicted octanol–water partition coefficient (Wildman–Crippen LogP) is 2.04. The first kappa shape index (κ1) is 17.2. The van der Waals surface area contributed by atoms with E-state index in [1.165, 1.54) is 0 Å². The van der Waals surface area contributed by atoms with Crippen LogP contribution >= 0.6 is 12.2 Å². The number of hydrogen-bond donors (Lipinski definition) is 1. The number of hydrogen-bond acceptors (Lipinski definition) is 5. The van der Waals surface area contributed by atoms with Crippen LogP contribution in [-0.4, -0.2) is 66.8 Å². The fourth-order valence-corrected chi connectivity index (χ4v) is 3.31. The third-order valence-electron chi connectivity index (χ3n) is 4.25. The molecule has 24 heavy (non-hydrogen) atoms. The van der Waals surface area contributed by atoms with Gasteiger partial charge in [-0.3, -0.25) is 14.8 Å². The molecule has 1 saturated heterocycles. The van der Waals surface area contributed by atoms with Gasteiger partial charge in [0, 0.05) is 18.5 Å². The standard InChI is InChI=1S/C18H24N4OS/c1-21(2)17(18(24)19-13-22-9-11-23-12-10-22)16-8-7-14-5-3-4-6-15(14)20-16/h3-8,17H,9-13H2,1-2H3,(H,19,24). The quantitative estimate of drug-likeness (QED) is 0.837. The Balaban J connectivity index is 1.73. The lowest BCUT2D eigenvalue weighted by Crippen LogP contribution is -2.46. The molecule has 1 atom stereocenters. The van der Waals surface area contributed by atoms with Gasteiger partial charge in [0.15, 0.2) is 0 Å². The molecule has 0 saturated carbocycles. The number of likely N-dealkylation sites (N-methyl/N-ethyl adjacent to an activating group) is 1. The van der Waals surface area contributed by atoms with Crippen molar-refractivity contribution >= 4 is 28.1 Å². The van der Waals surface area contributed by atoms with Gasteiger partial charge < -0.3 is 10.1 Å². The monoisotopic (exact) mass is 344 g/mol. The molecule has 0 amide bonds. The summed E-state index contributed by atoms with van der Waals surface area (Å²) >= 11 is 5.67. The molecule has 6 heteroatoms. The SMILES string of the molecule is CN(C)C(C(=S)NCN1CCOCC1)c1ccc2ccccc2n1. The number of pyridine rings is 1. The summed E-state index contributed by atoms with van der Waals surface area (Å²) in [6.45, 7) is 4.21. The maximum Gasteiger partial charge on any atom is 0.103 e. The Labute approximate surface area is 148 Å². The highest BCUT2D eigenvalue weighted by atomic mass is 32.1. The summed E-state index contributed by atoms with van der Waals surface area (Å²) in [6.07, 6.45) is 0. The Morgan fingerprint density at radius 1 is 1.25 bits per heavy atom. The van der Waals surface area contributed by atoms with Crippen LogP contribution in [0.5, 0.6) is 0 Å². The molecule has 128 valence electrons. The zero-order chi connectivity index (χ0) is 16.9. The number of rotatable bonds is 5. The molecule has 1 N–H and O–H groups in total. The molecule has 1 fully saturated rings. The first-order valence-electron chi connectivity index (χ1n) is 8.25. The van der Waals surface area contributed by atoms with Gasteiger partial charge in [-0.05, 0) is 26.2 Å². The smallest absolute Gasteiger partial charge is 0.103 e. The van der Waals surface area contributed by atoms with Crippen LogP contribution in [0.15, 0.2) is 36.4 Å². The van der Waals surface area contributed by atoms with E-state index in [1.54, 1.807) is 0 Å². The van der Waals surface area contributed by atoms with E-state index in [2.05, 4.69) is 33.3 Å². The highest BCUT2D eigenvalue weighted by Gasteiger charge is 2.22. The fourth-order valence-electron chi connectivity index (χ4n) is 2.91. The van der Waals surface area contributed by atoms with E-state index in [0.717, 1.165) is 54.6 Å². The molecule has 2 aromatic rings. The van der Waals surface area contributed by atoms with Gasteiger partial charge in [0.1, 0.15) is 6.04 Å². The lowest BCUT2D eigenvalue weighted by atomic mass is 10.1. The first-order chi connectivity index (χ1) is 11.6. The van der Waals surface area contributed by atoms with Crippen molar-refractivity contribution in [2.24, 2.45) is 0 Å². The molecule has 0 spiro atoms. The number of aromatic nitrogens is 1. The molecular formula is C18H24N4OS. The summed E-state index contributed by atoms with van der Waals surface area (Å²) in [6, 6.07) is 12.3. The highest BCUT2D eigenvalue weighted by Crippen LogP contribution is 2.21. The third-order valence-corrected chi connectivity index (χ3v) is 4.61. The second-order valence-corrected chi connectivity index (χ2v) is 6.66. The van der Waals surface area contributed by atoms with Crippen LogP contribution in [0.4, 0.5) is 0 Å². The fraction of sp³-hybridized carbons (Fsp3) is 0.444. The molecule has 2 heterocycles. The number of nitrogens with one attached hydrogen (secondary N) is 1. The number of morpholine rings is 1. The van der Waals surface area contributed by atoms with Gasteiger partial charge in [-0.1, -0.05) is 36.5 Å². The van der Waals surface area contributed by atoms with E-state index < -0.39 is 0 Å². The Morgan fingerprint density at radius 3 is 2.75 bits per heavy atom. The van der Waals surface area contributed by atoms with Crippen LogP contribution in [0.25, 0.3) is 10.9 Å². The van der Waals surface area contributed by atoms with Gasteiger partial charge in [-0.15, -0.1) is 0 Å². The average molecular weight is 344 g/mol. The highest BCUT2D eigenvalue weighted by molar-refractivity contribution is 7.80. The van der Waals surface area contributed by atoms with Gasteiger partial charge in [-0.25, -0.2) is 0 Å². The molecule has 0 bridgehead atoms. The van der Waals surface area contributed by atoms with E-state index in [9.17, 15) is 0 Å². The molecule has 1 aromatic heterocycles. The predicted molar refractivity (Wildman–Crippen MR) is 101 cm³/mol. The second-order valence-electron chi connectivity index (χ2n) is 6.22. The molecular weight excluding hydrogens is 320 g/mol. The number of benzene rings is 1. The Morgan fingerprint density at radius 2 is 2.00 bits per heavy atom. The van der Waals surface area contributed by atoms with Crippen molar-refractivity contribution in [3.63, 3.8) is 0 Å². The topological polar surface area (TPSA) is 40.6 Å². The van der Waals surface area contributed by atoms with Gasteiger partial charge >= 0.3 is 0 Å². The van der Waals surface area contributed by atoms with E-state index in [0.29, 0.717) is 0 Å². The maximum atomic E-state index is 5.67. The van der Waals surface area contributed by atoms with Gasteiger partial charge in [0.2, 0.25) is 0 Å². The van der Waals surface area contributed by atoms with E-state index >= 15 is 0 Å². The summed E-state index contributed by atoms with van der Waals surface area (Å²) in [5.74, 6) is 0. The van der Waals surface area contributed by atoms with E-state index in [4.69, 9.17) is 21.9 Å². The minimum atomic E-state index is -0.0364. The zero-order valence-corrected chi connectivity index (χ0v) is 15.1. The molecule has 3 rings (SSSR count). The van der Waals surface area contributed by atoms with Crippen LogP contribution in [0, 0.1) is 0 Å². The summed E-state index contributed by atoms with van der Waals surface area (Å²) in [7, 11) is 4.06. The molecule has 1 unspecified atom stereocenters. The first-order valence-corrected chi connectivity index (χ1v) is 8.66. The largest absolute Gasteiger partial charge is 0.379 e. The zero-order valence-electron chi connectivity index (χ0n) is 14.2. The molecule has 0 radical (unpaired) electrons. The van der Waals surface area contributed by atoms with Crippen LogP contribution in [0.1, 0.15) is 11.7 Å². The lowest BCUT2D eigenvalue weighted by Gasteiger charge is -2.30. The van der Waals surface area contributed by atoms with Gasteiger partial charge in [0.05, 0.1) is 36.1 Å². The second kappa shape index (κ2) is 7.98. The van der Waals surface area contributed by atoms with Crippen molar-refractivity contribution in [1.82, 2.24) is 20.1 Å². The number of thiocarbonyl (C=S) groups is 1. The number of para-hydroxylation sites is 1. The summed E-state index contributed by atoms with van der Waals surface area (Å²) < 4.78 is 5.38. The van der Waals surface area contributed by atoms with Crippen LogP contribution < -0.4 is 5.32 Å². The van der Waals surface area contributed by atoms with Crippen molar-refractivity contribution in [2.75, 3.05) is 47.1 Å². The van der Waals surface area contributed by atoms with Gasteiger partial charge in [-0.2, -0.15) is 0 Å². The maximum absolute atomic E-state index is 5.67. The van der Waals surface area contributed by atoms with Gasteiger partial charge in [0.25, 0.3) is 0 Å². The normalized spacial score (nSPS) is 17.1. The summed E-state index contributed by atoms with van der Waals surface area (Å²) in [5.41, 5.74) is 1.97. The van der Waals surface area contributed by atoms with Crippen molar-refractivity contribution in [1.29, 1.82) is 0 Å². The number of nitrogens with zero attached hydrogens (tertiary/aromatic N) is 3.